The molecule has 8 nitrogen and oxygen atoms in total. The highest BCUT2D eigenvalue weighted by Gasteiger charge is 2.29. The van der Waals surface area contributed by atoms with Gasteiger partial charge in [-0.25, -0.2) is 36.7 Å². The molecule has 0 fully saturated rings. The van der Waals surface area contributed by atoms with Crippen molar-refractivity contribution >= 4 is 23.9 Å². The van der Waals surface area contributed by atoms with Crippen molar-refractivity contribution in [2.24, 2.45) is 0 Å². The van der Waals surface area contributed by atoms with Gasteiger partial charge in [-0.1, -0.05) is 0 Å². The molecule has 3 aromatic rings. The van der Waals surface area contributed by atoms with E-state index in [1.54, 1.807) is 0 Å². The highest BCUT2D eigenvalue weighted by molar-refractivity contribution is 5.97. The largest absolute Gasteiger partial charge is 0.478 e. The first-order valence-corrected chi connectivity index (χ1v) is 8.93. The van der Waals surface area contributed by atoms with Crippen LogP contribution in [0.2, 0.25) is 0 Å². The molecule has 0 saturated heterocycles. The summed E-state index contributed by atoms with van der Waals surface area (Å²) in [5, 5.41) is 36.5. The van der Waals surface area contributed by atoms with Crippen LogP contribution >= 0.6 is 0 Å². The van der Waals surface area contributed by atoms with E-state index in [4.69, 9.17) is 20.4 Å². The maximum absolute atomic E-state index is 14.9. The molecule has 0 aliphatic rings. The van der Waals surface area contributed by atoms with Gasteiger partial charge in [0.1, 0.15) is 0 Å². The van der Waals surface area contributed by atoms with E-state index < -0.39 is 91.7 Å². The Labute approximate surface area is 185 Å². The van der Waals surface area contributed by atoms with Crippen LogP contribution in [0.1, 0.15) is 41.4 Å². The molecule has 0 heterocycles. The fourth-order valence-corrected chi connectivity index (χ4v) is 3.18. The third-order valence-corrected chi connectivity index (χ3v) is 4.69. The van der Waals surface area contributed by atoms with E-state index in [0.29, 0.717) is 36.4 Å². The van der Waals surface area contributed by atoms with Crippen molar-refractivity contribution in [3.63, 3.8) is 0 Å². The summed E-state index contributed by atoms with van der Waals surface area (Å²) in [6, 6.07) is 3.72. The fourth-order valence-electron chi connectivity index (χ4n) is 3.18. The topological polar surface area (TPSA) is 149 Å². The van der Waals surface area contributed by atoms with Crippen molar-refractivity contribution < 1.29 is 57.2 Å². The Balaban J connectivity index is 2.36. The Morgan fingerprint density at radius 1 is 0.441 bits per heavy atom. The number of aromatic carboxylic acids is 4. The van der Waals surface area contributed by atoms with Crippen molar-refractivity contribution in [3.8, 4) is 22.3 Å². The van der Waals surface area contributed by atoms with Crippen LogP contribution < -0.4 is 0 Å². The number of rotatable bonds is 6. The zero-order chi connectivity index (χ0) is 25.5. The van der Waals surface area contributed by atoms with E-state index in [2.05, 4.69) is 0 Å². The molecule has 0 saturated carbocycles. The third-order valence-electron chi connectivity index (χ3n) is 4.69. The fraction of sp³-hybridized carbons (Fsp3) is 0. The van der Waals surface area contributed by atoms with E-state index in [9.17, 15) is 36.7 Å². The van der Waals surface area contributed by atoms with Gasteiger partial charge in [-0.2, -0.15) is 0 Å². The van der Waals surface area contributed by atoms with Crippen molar-refractivity contribution in [1.82, 2.24) is 0 Å². The molecule has 34 heavy (non-hydrogen) atoms. The lowest BCUT2D eigenvalue weighted by atomic mass is 9.93. The van der Waals surface area contributed by atoms with Crippen molar-refractivity contribution in [2.45, 2.75) is 0 Å². The van der Waals surface area contributed by atoms with Gasteiger partial charge >= 0.3 is 23.9 Å². The molecule has 3 aromatic carbocycles. The standard InChI is InChI=1S/C22H10F4O8/c23-15-13(7-1-9(19(27)28)5-10(2-7)20(29)30)16(24)18(26)14(17(15)25)8-3-11(21(31)32)6-12(4-8)22(33)34/h1-6H,(H,27,28)(H,29,30)(H,31,32)(H,33,34). The zero-order valence-corrected chi connectivity index (χ0v) is 16.4. The highest BCUT2D eigenvalue weighted by atomic mass is 19.2. The number of hydrogen-bond acceptors (Lipinski definition) is 4. The van der Waals surface area contributed by atoms with E-state index in [1.165, 1.54) is 0 Å². The van der Waals surface area contributed by atoms with Gasteiger partial charge in [0.15, 0.2) is 23.3 Å². The number of carboxylic acids is 4. The molecule has 0 atom stereocenters. The molecule has 0 radical (unpaired) electrons. The Morgan fingerprint density at radius 3 is 0.824 bits per heavy atom. The highest BCUT2D eigenvalue weighted by Crippen LogP contribution is 2.38. The summed E-state index contributed by atoms with van der Waals surface area (Å²) in [6.07, 6.45) is 0. The maximum Gasteiger partial charge on any atom is 0.335 e. The van der Waals surface area contributed by atoms with Crippen LogP contribution in [0.3, 0.4) is 0 Å². The Hall–Kier alpha value is -4.74. The first-order valence-electron chi connectivity index (χ1n) is 8.93. The lowest BCUT2D eigenvalue weighted by molar-refractivity contribution is 0.0676. The summed E-state index contributed by atoms with van der Waals surface area (Å²) in [4.78, 5) is 45.0. The Bertz CT molecular complexity index is 1210. The number of halogens is 4. The lowest BCUT2D eigenvalue weighted by Gasteiger charge is -2.14. The lowest BCUT2D eigenvalue weighted by Crippen LogP contribution is -2.08. The molecule has 12 heteroatoms. The summed E-state index contributed by atoms with van der Waals surface area (Å²) in [5.74, 6) is -14.9. The molecule has 0 aliphatic heterocycles. The van der Waals surface area contributed by atoms with Gasteiger partial charge in [0.2, 0.25) is 0 Å². The van der Waals surface area contributed by atoms with Gasteiger partial charge in [0, 0.05) is 0 Å². The van der Waals surface area contributed by atoms with Gasteiger partial charge in [-0.3, -0.25) is 0 Å². The molecule has 3 rings (SSSR count). The first-order chi connectivity index (χ1) is 15.8. The van der Waals surface area contributed by atoms with Gasteiger partial charge in [0.05, 0.1) is 33.4 Å². The van der Waals surface area contributed by atoms with Gasteiger partial charge < -0.3 is 20.4 Å². The smallest absolute Gasteiger partial charge is 0.335 e. The third kappa shape index (κ3) is 4.16. The molecule has 4 N–H and O–H groups in total. The van der Waals surface area contributed by atoms with Gasteiger partial charge in [0.25, 0.3) is 0 Å². The molecular weight excluding hydrogens is 468 g/mol. The average Bonchev–Trinajstić information content (AvgIpc) is 2.77. The molecule has 0 bridgehead atoms. The number of benzene rings is 3. The van der Waals surface area contributed by atoms with Crippen LogP contribution in [0, 0.1) is 23.3 Å². The predicted octanol–water partition coefficient (Wildman–Crippen LogP) is 4.37. The molecule has 0 unspecified atom stereocenters. The zero-order valence-electron chi connectivity index (χ0n) is 16.4. The molecule has 0 aliphatic carbocycles. The van der Waals surface area contributed by atoms with Crippen LogP contribution in [-0.2, 0) is 0 Å². The number of hydrogen-bond donors (Lipinski definition) is 4. The minimum Gasteiger partial charge on any atom is -0.478 e. The number of carboxylic acid groups (broad SMARTS) is 4. The molecule has 0 aromatic heterocycles. The van der Waals surface area contributed by atoms with Crippen LogP contribution in [0.4, 0.5) is 17.6 Å². The van der Waals surface area contributed by atoms with E-state index in [-0.39, 0.29) is 0 Å². The second kappa shape index (κ2) is 8.65. The van der Waals surface area contributed by atoms with Gasteiger partial charge in [-0.15, -0.1) is 0 Å². The second-order valence-corrected chi connectivity index (χ2v) is 6.82. The summed E-state index contributed by atoms with van der Waals surface area (Å²) >= 11 is 0. The maximum atomic E-state index is 14.9. The quantitative estimate of drug-likeness (QED) is 0.301. The first kappa shape index (κ1) is 23.9. The van der Waals surface area contributed by atoms with E-state index in [1.807, 2.05) is 0 Å². The van der Waals surface area contributed by atoms with Crippen molar-refractivity contribution in [1.29, 1.82) is 0 Å². The SMILES string of the molecule is O=C(O)c1cc(C(=O)O)cc(-c2c(F)c(F)c(-c3cc(C(=O)O)cc(C(=O)O)c3)c(F)c2F)c1. The molecule has 174 valence electrons. The second-order valence-electron chi connectivity index (χ2n) is 6.82. The Morgan fingerprint density at radius 2 is 0.647 bits per heavy atom. The van der Waals surface area contributed by atoms with Crippen molar-refractivity contribution in [3.05, 3.63) is 81.9 Å². The van der Waals surface area contributed by atoms with Crippen LogP contribution in [0.25, 0.3) is 22.3 Å². The van der Waals surface area contributed by atoms with Crippen LogP contribution in [0.5, 0.6) is 0 Å². The van der Waals surface area contributed by atoms with Crippen LogP contribution in [-0.4, -0.2) is 44.3 Å². The summed E-state index contributed by atoms with van der Waals surface area (Å²) in [7, 11) is 0. The van der Waals surface area contributed by atoms with Gasteiger partial charge in [-0.05, 0) is 47.5 Å². The minimum atomic E-state index is -2.05. The number of carbonyl (C=O) groups is 4. The Kier molecular flexibility index (Phi) is 6.09. The molecular formula is C22H10F4O8. The molecule has 0 amide bonds. The van der Waals surface area contributed by atoms with Crippen molar-refractivity contribution in [2.75, 3.05) is 0 Å². The average molecular weight is 478 g/mol. The van der Waals surface area contributed by atoms with E-state index >= 15 is 0 Å². The summed E-state index contributed by atoms with van der Waals surface area (Å²) in [5.41, 5.74) is -7.39. The monoisotopic (exact) mass is 478 g/mol. The summed E-state index contributed by atoms with van der Waals surface area (Å²) in [6.45, 7) is 0. The van der Waals surface area contributed by atoms with Crippen LogP contribution in [0.15, 0.2) is 36.4 Å². The summed E-state index contributed by atoms with van der Waals surface area (Å²) < 4.78 is 59.8. The minimum absolute atomic E-state index is 0.600. The van der Waals surface area contributed by atoms with E-state index in [0.717, 1.165) is 0 Å². The normalized spacial score (nSPS) is 10.7. The predicted molar refractivity (Wildman–Crippen MR) is 105 cm³/mol. The molecule has 0 spiro atoms.